The van der Waals surface area contributed by atoms with Crippen molar-refractivity contribution in [3.63, 3.8) is 0 Å². The Morgan fingerprint density at radius 3 is 1.96 bits per heavy atom. The highest BCUT2D eigenvalue weighted by atomic mass is 32.2. The lowest BCUT2D eigenvalue weighted by Gasteiger charge is -2.26. The second-order valence-corrected chi connectivity index (χ2v) is 11.4. The third-order valence-electron chi connectivity index (χ3n) is 6.62. The molecule has 18 nitrogen and oxygen atoms in total. The van der Waals surface area contributed by atoms with Crippen LogP contribution in [0.15, 0.2) is 36.8 Å². The van der Waals surface area contributed by atoms with Crippen LogP contribution in [0.2, 0.25) is 0 Å². The van der Waals surface area contributed by atoms with Crippen molar-refractivity contribution in [2.75, 3.05) is 12.0 Å². The van der Waals surface area contributed by atoms with E-state index in [0.717, 1.165) is 0 Å². The molecule has 0 radical (unpaired) electrons. The number of carboxylic acids is 2. The standard InChI is InChI=1S/C28H38N8O10S/c1-47-7-6-18(25(42)36-21(28(45)46)9-15-12-31-13-32-15)33-27(44)20(11-23(39)40)35-26(43)19(8-14-2-4-16(37)5-3-14)34-24(41)17(29)10-22(30)38/h2-5,12-13,17-21,37H,6-11,29H2,1H3,(H2,30,38)(H,31,32)(H,33,44)(H,34,41)(H,35,43)(H,36,42)(H,39,40)(H,45,46)/t17-,18-,19-,20-,21-/m0/s1. The lowest BCUT2D eigenvalue weighted by atomic mass is 10.0. The van der Waals surface area contributed by atoms with E-state index in [2.05, 4.69) is 31.2 Å². The number of imidazole rings is 1. The van der Waals surface area contributed by atoms with Crippen LogP contribution in [0, 0.1) is 0 Å². The maximum absolute atomic E-state index is 13.4. The molecule has 0 saturated heterocycles. The summed E-state index contributed by atoms with van der Waals surface area (Å²) in [6.45, 7) is 0. The molecule has 19 heteroatoms. The fraction of sp³-hybridized carbons (Fsp3) is 0.429. The molecule has 5 atom stereocenters. The highest BCUT2D eigenvalue weighted by molar-refractivity contribution is 7.98. The Morgan fingerprint density at radius 1 is 0.830 bits per heavy atom. The Balaban J connectivity index is 2.27. The molecule has 5 amide bonds. The zero-order valence-corrected chi connectivity index (χ0v) is 26.1. The number of aliphatic carboxylic acids is 2. The van der Waals surface area contributed by atoms with Crippen LogP contribution in [0.3, 0.4) is 0 Å². The van der Waals surface area contributed by atoms with Crippen LogP contribution in [0.25, 0.3) is 0 Å². The zero-order chi connectivity index (χ0) is 35.1. The molecule has 1 aromatic heterocycles. The Bertz CT molecular complexity index is 1410. The fourth-order valence-corrected chi connectivity index (χ4v) is 4.66. The van der Waals surface area contributed by atoms with E-state index in [9.17, 15) is 48.9 Å². The lowest BCUT2D eigenvalue weighted by molar-refractivity contribution is -0.143. The number of aromatic nitrogens is 2. The molecule has 0 aliphatic carbocycles. The van der Waals surface area contributed by atoms with Crippen LogP contribution in [-0.2, 0) is 46.4 Å². The van der Waals surface area contributed by atoms with Gasteiger partial charge >= 0.3 is 11.9 Å². The average Bonchev–Trinajstić information content (AvgIpc) is 3.51. The topological polar surface area (TPSA) is 309 Å². The molecule has 0 unspecified atom stereocenters. The third-order valence-corrected chi connectivity index (χ3v) is 7.26. The third kappa shape index (κ3) is 13.4. The van der Waals surface area contributed by atoms with Crippen molar-refractivity contribution in [1.82, 2.24) is 31.2 Å². The number of H-pyrrole nitrogens is 1. The molecule has 0 aliphatic rings. The van der Waals surface area contributed by atoms with Crippen molar-refractivity contribution in [1.29, 1.82) is 0 Å². The molecule has 256 valence electrons. The number of rotatable bonds is 20. The van der Waals surface area contributed by atoms with Crippen molar-refractivity contribution in [2.24, 2.45) is 11.5 Å². The molecule has 0 fully saturated rings. The molecule has 12 N–H and O–H groups in total. The van der Waals surface area contributed by atoms with E-state index >= 15 is 0 Å². The van der Waals surface area contributed by atoms with Crippen molar-refractivity contribution < 1.29 is 48.9 Å². The van der Waals surface area contributed by atoms with Gasteiger partial charge in [-0.3, -0.25) is 28.8 Å². The van der Waals surface area contributed by atoms with Gasteiger partial charge in [0.05, 0.1) is 25.2 Å². The van der Waals surface area contributed by atoms with Gasteiger partial charge in [-0.1, -0.05) is 12.1 Å². The van der Waals surface area contributed by atoms with E-state index in [0.29, 0.717) is 17.0 Å². The van der Waals surface area contributed by atoms with Gasteiger partial charge < -0.3 is 53.0 Å². The van der Waals surface area contributed by atoms with Gasteiger partial charge in [0.25, 0.3) is 0 Å². The van der Waals surface area contributed by atoms with E-state index in [1.54, 1.807) is 6.26 Å². The summed E-state index contributed by atoms with van der Waals surface area (Å²) in [6, 6.07) is -1.74. The second-order valence-electron chi connectivity index (χ2n) is 10.4. The zero-order valence-electron chi connectivity index (χ0n) is 25.3. The van der Waals surface area contributed by atoms with Crippen molar-refractivity contribution >= 4 is 53.2 Å². The molecule has 0 aliphatic heterocycles. The first-order valence-corrected chi connectivity index (χ1v) is 15.5. The van der Waals surface area contributed by atoms with Crippen LogP contribution < -0.4 is 32.7 Å². The smallest absolute Gasteiger partial charge is 0.326 e. The fourth-order valence-electron chi connectivity index (χ4n) is 4.19. The Hall–Kier alpha value is -5.17. The van der Waals surface area contributed by atoms with Crippen LogP contribution in [0.4, 0.5) is 0 Å². The number of carbonyl (C=O) groups is 7. The summed E-state index contributed by atoms with van der Waals surface area (Å²) in [5, 5.41) is 38.1. The Morgan fingerprint density at radius 2 is 1.40 bits per heavy atom. The molecule has 1 heterocycles. The Labute approximate surface area is 272 Å². The number of thioether (sulfide) groups is 1. The summed E-state index contributed by atoms with van der Waals surface area (Å²) in [4.78, 5) is 93.9. The normalized spacial score (nSPS) is 14.0. The van der Waals surface area contributed by atoms with Gasteiger partial charge in [0.15, 0.2) is 0 Å². The van der Waals surface area contributed by atoms with Gasteiger partial charge in [0.1, 0.15) is 29.9 Å². The number of amides is 5. The molecule has 2 rings (SSSR count). The maximum atomic E-state index is 13.4. The monoisotopic (exact) mass is 678 g/mol. The van der Waals surface area contributed by atoms with Crippen molar-refractivity contribution in [2.45, 2.75) is 62.3 Å². The summed E-state index contributed by atoms with van der Waals surface area (Å²) in [6.07, 6.45) is 2.69. The van der Waals surface area contributed by atoms with Gasteiger partial charge in [-0.25, -0.2) is 9.78 Å². The van der Waals surface area contributed by atoms with Crippen LogP contribution >= 0.6 is 11.8 Å². The summed E-state index contributed by atoms with van der Waals surface area (Å²) in [5.41, 5.74) is 11.7. The van der Waals surface area contributed by atoms with Gasteiger partial charge in [-0.2, -0.15) is 11.8 Å². The number of benzene rings is 1. The van der Waals surface area contributed by atoms with E-state index in [-0.39, 0.29) is 25.0 Å². The first-order valence-electron chi connectivity index (χ1n) is 14.1. The number of hydrogen-bond acceptors (Lipinski definition) is 11. The van der Waals surface area contributed by atoms with Crippen LogP contribution in [0.1, 0.15) is 30.5 Å². The molecular weight excluding hydrogens is 640 g/mol. The summed E-state index contributed by atoms with van der Waals surface area (Å²) in [5.74, 6) is -7.30. The molecule has 47 heavy (non-hydrogen) atoms. The average molecular weight is 679 g/mol. The Kier molecular flexibility index (Phi) is 15.1. The van der Waals surface area contributed by atoms with Crippen molar-refractivity contribution in [3.8, 4) is 5.75 Å². The number of nitrogens with two attached hydrogens (primary N) is 2. The van der Waals surface area contributed by atoms with E-state index in [1.165, 1.54) is 48.6 Å². The first-order chi connectivity index (χ1) is 22.2. The predicted molar refractivity (Wildman–Crippen MR) is 166 cm³/mol. The van der Waals surface area contributed by atoms with E-state index in [1.807, 2.05) is 0 Å². The largest absolute Gasteiger partial charge is 0.508 e. The van der Waals surface area contributed by atoms with Crippen LogP contribution in [0.5, 0.6) is 5.75 Å². The van der Waals surface area contributed by atoms with Crippen LogP contribution in [-0.4, -0.2) is 109 Å². The number of nitrogens with one attached hydrogen (secondary N) is 5. The first kappa shape index (κ1) is 38.0. The maximum Gasteiger partial charge on any atom is 0.326 e. The quantitative estimate of drug-likeness (QED) is 0.0685. The van der Waals surface area contributed by atoms with Gasteiger partial charge in [-0.05, 0) is 36.1 Å². The molecule has 0 bridgehead atoms. The number of carbonyl (C=O) groups excluding carboxylic acids is 5. The second kappa shape index (κ2) is 18.7. The van der Waals surface area contributed by atoms with E-state index < -0.39 is 84.5 Å². The summed E-state index contributed by atoms with van der Waals surface area (Å²) in [7, 11) is 0. The van der Waals surface area contributed by atoms with Crippen molar-refractivity contribution in [3.05, 3.63) is 48.0 Å². The number of phenols is 1. The van der Waals surface area contributed by atoms with E-state index in [4.69, 9.17) is 11.5 Å². The lowest BCUT2D eigenvalue weighted by Crippen LogP contribution is -2.59. The highest BCUT2D eigenvalue weighted by Gasteiger charge is 2.33. The number of nitrogens with zero attached hydrogens (tertiary/aromatic N) is 1. The molecule has 0 saturated carbocycles. The number of primary amides is 1. The minimum atomic E-state index is -1.75. The SMILES string of the molecule is CSCC[C@H](NC(=O)[C@H](CC(=O)O)NC(=O)[C@H](Cc1ccc(O)cc1)NC(=O)[C@@H](N)CC(N)=O)C(=O)N[C@@H](Cc1cnc[nH]1)C(=O)O. The number of aromatic amines is 1. The number of aromatic hydroxyl groups is 1. The molecule has 2 aromatic rings. The predicted octanol–water partition coefficient (Wildman–Crippen LogP) is -2.65. The van der Waals surface area contributed by atoms with Gasteiger partial charge in [0, 0.05) is 24.7 Å². The highest BCUT2D eigenvalue weighted by Crippen LogP contribution is 2.12. The molecular formula is C28H38N8O10S. The minimum Gasteiger partial charge on any atom is -0.508 e. The summed E-state index contributed by atoms with van der Waals surface area (Å²) >= 11 is 1.33. The molecule has 1 aromatic carbocycles. The van der Waals surface area contributed by atoms with Gasteiger partial charge in [0.2, 0.25) is 29.5 Å². The molecule has 0 spiro atoms. The summed E-state index contributed by atoms with van der Waals surface area (Å²) < 4.78 is 0. The van der Waals surface area contributed by atoms with Gasteiger partial charge in [-0.15, -0.1) is 0 Å². The number of phenolic OH excluding ortho intramolecular Hbond substituents is 1. The number of hydrogen-bond donors (Lipinski definition) is 10. The number of carboxylic acid groups (broad SMARTS) is 2. The minimum absolute atomic E-state index is 0.0279.